The second-order valence-corrected chi connectivity index (χ2v) is 4.11. The molecule has 0 spiro atoms. The summed E-state index contributed by atoms with van der Waals surface area (Å²) < 4.78 is 31.4. The van der Waals surface area contributed by atoms with Crippen molar-refractivity contribution in [2.75, 3.05) is 19.7 Å². The van der Waals surface area contributed by atoms with E-state index in [4.69, 9.17) is 4.74 Å². The normalized spacial score (nSPS) is 20.2. The van der Waals surface area contributed by atoms with Gasteiger partial charge in [-0.3, -0.25) is 0 Å². The van der Waals surface area contributed by atoms with E-state index in [0.717, 1.165) is 31.6 Å². The van der Waals surface area contributed by atoms with Gasteiger partial charge in [0, 0.05) is 12.1 Å². The molecule has 0 aliphatic carbocycles. The highest BCUT2D eigenvalue weighted by molar-refractivity contribution is 5.17. The molecule has 0 saturated carbocycles. The van der Waals surface area contributed by atoms with Crippen molar-refractivity contribution >= 4 is 0 Å². The second-order valence-electron chi connectivity index (χ2n) is 4.11. The monoisotopic (exact) mass is 227 g/mol. The van der Waals surface area contributed by atoms with Gasteiger partial charge in [-0.25, -0.2) is 8.78 Å². The number of nitrogens with one attached hydrogen (secondary N) is 1. The van der Waals surface area contributed by atoms with Gasteiger partial charge in [-0.15, -0.1) is 0 Å². The topological polar surface area (TPSA) is 21.3 Å². The quantitative estimate of drug-likeness (QED) is 0.850. The van der Waals surface area contributed by atoms with Gasteiger partial charge < -0.3 is 10.1 Å². The molecule has 1 heterocycles. The number of rotatable bonds is 4. The molecule has 1 saturated heterocycles. The Balaban J connectivity index is 1.82. The third-order valence-corrected chi connectivity index (χ3v) is 2.78. The van der Waals surface area contributed by atoms with E-state index in [1.54, 1.807) is 0 Å². The van der Waals surface area contributed by atoms with Crippen LogP contribution in [0.5, 0.6) is 0 Å². The molecule has 1 aliphatic rings. The minimum absolute atomic E-state index is 0.139. The van der Waals surface area contributed by atoms with Crippen LogP contribution in [-0.4, -0.2) is 19.7 Å². The molecule has 1 unspecified atom stereocenters. The molecule has 0 amide bonds. The zero-order valence-corrected chi connectivity index (χ0v) is 9.01. The van der Waals surface area contributed by atoms with Gasteiger partial charge >= 0.3 is 0 Å². The Bertz CT molecular complexity index is 351. The summed E-state index contributed by atoms with van der Waals surface area (Å²) in [7, 11) is 0. The van der Waals surface area contributed by atoms with Gasteiger partial charge in [0.2, 0.25) is 0 Å². The van der Waals surface area contributed by atoms with Gasteiger partial charge in [-0.1, -0.05) is 0 Å². The van der Waals surface area contributed by atoms with Crippen LogP contribution in [0.1, 0.15) is 12.0 Å². The van der Waals surface area contributed by atoms with Crippen molar-refractivity contribution in [3.8, 4) is 0 Å². The standard InChI is InChI=1S/C12H15F2NO/c13-11-1-2-12(14)10(5-11)8-16-7-9-3-4-15-6-9/h1-2,5,9,15H,3-4,6-8H2. The summed E-state index contributed by atoms with van der Waals surface area (Å²) in [5.41, 5.74) is 0.283. The SMILES string of the molecule is Fc1ccc(F)c(COCC2CCNC2)c1. The highest BCUT2D eigenvalue weighted by Gasteiger charge is 2.14. The Morgan fingerprint density at radius 2 is 2.25 bits per heavy atom. The van der Waals surface area contributed by atoms with Crippen LogP contribution in [0.2, 0.25) is 0 Å². The van der Waals surface area contributed by atoms with Crippen LogP contribution in [0.3, 0.4) is 0 Å². The smallest absolute Gasteiger partial charge is 0.128 e. The van der Waals surface area contributed by atoms with Crippen LogP contribution in [-0.2, 0) is 11.3 Å². The van der Waals surface area contributed by atoms with Crippen molar-refractivity contribution in [1.29, 1.82) is 0 Å². The van der Waals surface area contributed by atoms with Gasteiger partial charge in [0.25, 0.3) is 0 Å². The van der Waals surface area contributed by atoms with Crippen LogP contribution in [0.25, 0.3) is 0 Å². The molecular formula is C12H15F2NO. The van der Waals surface area contributed by atoms with E-state index < -0.39 is 11.6 Å². The van der Waals surface area contributed by atoms with Crippen molar-refractivity contribution < 1.29 is 13.5 Å². The first-order valence-corrected chi connectivity index (χ1v) is 5.48. The summed E-state index contributed by atoms with van der Waals surface area (Å²) in [6, 6.07) is 3.42. The molecular weight excluding hydrogens is 212 g/mol. The number of benzene rings is 1. The van der Waals surface area contributed by atoms with E-state index in [0.29, 0.717) is 12.5 Å². The molecule has 1 atom stereocenters. The van der Waals surface area contributed by atoms with Gasteiger partial charge in [0.05, 0.1) is 13.2 Å². The third-order valence-electron chi connectivity index (χ3n) is 2.78. The molecule has 1 aliphatic heterocycles. The number of hydrogen-bond donors (Lipinski definition) is 1. The van der Waals surface area contributed by atoms with Crippen LogP contribution < -0.4 is 5.32 Å². The average Bonchev–Trinajstić information content (AvgIpc) is 2.76. The van der Waals surface area contributed by atoms with Crippen molar-refractivity contribution in [2.45, 2.75) is 13.0 Å². The predicted molar refractivity (Wildman–Crippen MR) is 57.0 cm³/mol. The van der Waals surface area contributed by atoms with Crippen LogP contribution in [0.15, 0.2) is 18.2 Å². The fourth-order valence-corrected chi connectivity index (χ4v) is 1.85. The maximum Gasteiger partial charge on any atom is 0.128 e. The molecule has 1 N–H and O–H groups in total. The molecule has 0 aromatic heterocycles. The highest BCUT2D eigenvalue weighted by Crippen LogP contribution is 2.13. The van der Waals surface area contributed by atoms with E-state index in [9.17, 15) is 8.78 Å². The molecule has 88 valence electrons. The Morgan fingerprint density at radius 1 is 1.38 bits per heavy atom. The van der Waals surface area contributed by atoms with Crippen LogP contribution in [0, 0.1) is 17.6 Å². The molecule has 16 heavy (non-hydrogen) atoms. The number of hydrogen-bond acceptors (Lipinski definition) is 2. The summed E-state index contributed by atoms with van der Waals surface area (Å²) >= 11 is 0. The van der Waals surface area contributed by atoms with Crippen LogP contribution >= 0.6 is 0 Å². The summed E-state index contributed by atoms with van der Waals surface area (Å²) in [6.45, 7) is 2.71. The molecule has 2 rings (SSSR count). The van der Waals surface area contributed by atoms with Crippen LogP contribution in [0.4, 0.5) is 8.78 Å². The highest BCUT2D eigenvalue weighted by atomic mass is 19.1. The summed E-state index contributed by atoms with van der Waals surface area (Å²) in [4.78, 5) is 0. The van der Waals surface area contributed by atoms with Crippen molar-refractivity contribution in [3.05, 3.63) is 35.4 Å². The third kappa shape index (κ3) is 3.00. The van der Waals surface area contributed by atoms with E-state index in [1.807, 2.05) is 0 Å². The van der Waals surface area contributed by atoms with E-state index in [2.05, 4.69) is 5.32 Å². The Kier molecular flexibility index (Phi) is 3.85. The Hall–Kier alpha value is -1.00. The van der Waals surface area contributed by atoms with Gasteiger partial charge in [0.1, 0.15) is 11.6 Å². The van der Waals surface area contributed by atoms with Crippen molar-refractivity contribution in [3.63, 3.8) is 0 Å². The molecule has 2 nitrogen and oxygen atoms in total. The molecule has 1 aromatic carbocycles. The Morgan fingerprint density at radius 3 is 3.00 bits per heavy atom. The minimum atomic E-state index is -0.428. The van der Waals surface area contributed by atoms with Crippen molar-refractivity contribution in [1.82, 2.24) is 5.32 Å². The van der Waals surface area contributed by atoms with Gasteiger partial charge in [-0.05, 0) is 37.1 Å². The summed E-state index contributed by atoms with van der Waals surface area (Å²) in [5.74, 6) is -0.342. The minimum Gasteiger partial charge on any atom is -0.376 e. The number of ether oxygens (including phenoxy) is 1. The van der Waals surface area contributed by atoms with Gasteiger partial charge in [-0.2, -0.15) is 0 Å². The summed E-state index contributed by atoms with van der Waals surface area (Å²) in [6.07, 6.45) is 1.09. The fraction of sp³-hybridized carbons (Fsp3) is 0.500. The first kappa shape index (κ1) is 11.5. The van der Waals surface area contributed by atoms with Gasteiger partial charge in [0.15, 0.2) is 0 Å². The van der Waals surface area contributed by atoms with E-state index in [1.165, 1.54) is 6.07 Å². The lowest BCUT2D eigenvalue weighted by Gasteiger charge is -2.09. The molecule has 0 bridgehead atoms. The molecule has 1 fully saturated rings. The molecule has 0 radical (unpaired) electrons. The molecule has 4 heteroatoms. The van der Waals surface area contributed by atoms with E-state index >= 15 is 0 Å². The fourth-order valence-electron chi connectivity index (χ4n) is 1.85. The summed E-state index contributed by atoms with van der Waals surface area (Å²) in [5, 5.41) is 3.23. The lowest BCUT2D eigenvalue weighted by Crippen LogP contribution is -2.14. The second kappa shape index (κ2) is 5.37. The maximum absolute atomic E-state index is 13.2. The zero-order valence-electron chi connectivity index (χ0n) is 9.01. The predicted octanol–water partition coefficient (Wildman–Crippen LogP) is 2.09. The van der Waals surface area contributed by atoms with E-state index in [-0.39, 0.29) is 12.2 Å². The largest absolute Gasteiger partial charge is 0.376 e. The number of halogens is 2. The zero-order chi connectivity index (χ0) is 11.4. The average molecular weight is 227 g/mol. The maximum atomic E-state index is 13.2. The lowest BCUT2D eigenvalue weighted by molar-refractivity contribution is 0.0903. The first-order chi connectivity index (χ1) is 7.75. The Labute approximate surface area is 93.6 Å². The first-order valence-electron chi connectivity index (χ1n) is 5.48. The lowest BCUT2D eigenvalue weighted by atomic mass is 10.1. The molecule has 1 aromatic rings. The van der Waals surface area contributed by atoms with Crippen molar-refractivity contribution in [2.24, 2.45) is 5.92 Å².